The highest BCUT2D eigenvalue weighted by Gasteiger charge is 2.57. The Bertz CT molecular complexity index is 1560. The zero-order valence-corrected chi connectivity index (χ0v) is 24.4. The molecule has 0 aliphatic carbocycles. The summed E-state index contributed by atoms with van der Waals surface area (Å²) in [5.74, 6) is -1.50. The van der Waals surface area contributed by atoms with Gasteiger partial charge in [-0.25, -0.2) is 9.07 Å². The van der Waals surface area contributed by atoms with Crippen LogP contribution in [0.1, 0.15) is 37.1 Å². The Hall–Kier alpha value is -2.07. The lowest BCUT2D eigenvalue weighted by Crippen LogP contribution is -2.52. The van der Waals surface area contributed by atoms with E-state index in [0.717, 1.165) is 17.5 Å². The second kappa shape index (κ2) is 11.8. The molecule has 6 atom stereocenters. The Morgan fingerprint density at radius 1 is 1.19 bits per heavy atom. The number of rotatable bonds is 9. The predicted octanol–water partition coefficient (Wildman–Crippen LogP) is 1.67. The van der Waals surface area contributed by atoms with Crippen LogP contribution in [0.2, 0.25) is 5.28 Å². The van der Waals surface area contributed by atoms with Crippen molar-refractivity contribution in [3.63, 3.8) is 0 Å². The number of hydrogen-bond donors (Lipinski definition) is 6. The molecule has 0 spiro atoms. The average molecular weight is 652 g/mol. The van der Waals surface area contributed by atoms with Gasteiger partial charge < -0.3 is 44.2 Å². The van der Waals surface area contributed by atoms with Crippen molar-refractivity contribution in [1.82, 2.24) is 19.7 Å². The van der Waals surface area contributed by atoms with Gasteiger partial charge in [0, 0.05) is 12.1 Å². The third-order valence-corrected chi connectivity index (χ3v) is 11.0. The van der Waals surface area contributed by atoms with Crippen molar-refractivity contribution in [1.29, 1.82) is 0 Å². The molecule has 230 valence electrons. The zero-order valence-electron chi connectivity index (χ0n) is 21.8. The van der Waals surface area contributed by atoms with Crippen LogP contribution in [0, 0.1) is 5.82 Å². The van der Waals surface area contributed by atoms with E-state index in [4.69, 9.17) is 30.6 Å². The van der Waals surface area contributed by atoms with Crippen LogP contribution >= 0.6 is 26.8 Å². The number of aromatic nitrogens is 4. The molecule has 1 aromatic carbocycles. The van der Waals surface area contributed by atoms with Gasteiger partial charge in [-0.05, 0) is 36.9 Å². The molecule has 0 saturated carbocycles. The van der Waals surface area contributed by atoms with Crippen molar-refractivity contribution in [3.05, 3.63) is 47.1 Å². The maximum absolute atomic E-state index is 14.8. The fourth-order valence-corrected chi connectivity index (χ4v) is 8.09. The van der Waals surface area contributed by atoms with Gasteiger partial charge in [-0.2, -0.15) is 15.1 Å². The predicted molar refractivity (Wildman–Crippen MR) is 145 cm³/mol. The van der Waals surface area contributed by atoms with Crippen molar-refractivity contribution < 1.29 is 52.8 Å². The second-order valence-corrected chi connectivity index (χ2v) is 14.5. The minimum atomic E-state index is -4.93. The van der Waals surface area contributed by atoms with Gasteiger partial charge in [0.1, 0.15) is 29.4 Å². The summed E-state index contributed by atoms with van der Waals surface area (Å²) in [6.07, 6.45) is -1.35. The monoisotopic (exact) mass is 651 g/mol. The maximum Gasteiger partial charge on any atom is 0.340 e. The highest BCUT2D eigenvalue weighted by atomic mass is 35.5. The SMILES string of the molecule is O=P(O)(O)CP(=O)(O)OC[C@H]1O[C@@H](n2ncc3c(N4CCCC[C@@H]4c4ccccc4F)nc(Cl)nc32)[C@H](O)[C@@]1(O)CO. The number of aliphatic hydroxyl groups is 3. The lowest BCUT2D eigenvalue weighted by Gasteiger charge is -2.37. The molecule has 0 bridgehead atoms. The Morgan fingerprint density at radius 3 is 2.62 bits per heavy atom. The summed E-state index contributed by atoms with van der Waals surface area (Å²) in [5, 5.41) is 36.4. The van der Waals surface area contributed by atoms with Crippen molar-refractivity contribution in [2.75, 3.05) is 30.6 Å². The summed E-state index contributed by atoms with van der Waals surface area (Å²) in [5.41, 5.74) is -1.88. The van der Waals surface area contributed by atoms with Crippen molar-refractivity contribution >= 4 is 43.6 Å². The third kappa shape index (κ3) is 6.12. The minimum absolute atomic E-state index is 0.0723. The number of halogens is 2. The molecule has 0 amide bonds. The largest absolute Gasteiger partial charge is 0.393 e. The Kier molecular flexibility index (Phi) is 8.80. The van der Waals surface area contributed by atoms with Crippen LogP contribution in [0.15, 0.2) is 30.5 Å². The number of aliphatic hydroxyl groups excluding tert-OH is 2. The molecule has 2 aromatic heterocycles. The number of anilines is 1. The van der Waals surface area contributed by atoms with Gasteiger partial charge in [0.05, 0.1) is 30.8 Å². The Labute approximate surface area is 243 Å². The van der Waals surface area contributed by atoms with Gasteiger partial charge in [-0.1, -0.05) is 18.2 Å². The van der Waals surface area contributed by atoms with E-state index in [2.05, 4.69) is 15.1 Å². The first kappa shape index (κ1) is 31.4. The minimum Gasteiger partial charge on any atom is -0.393 e. The van der Waals surface area contributed by atoms with Gasteiger partial charge in [-0.15, -0.1) is 0 Å². The van der Waals surface area contributed by atoms with Crippen LogP contribution in [0.4, 0.5) is 10.2 Å². The van der Waals surface area contributed by atoms with Crippen molar-refractivity contribution in [3.8, 4) is 0 Å². The highest BCUT2D eigenvalue weighted by Crippen LogP contribution is 2.56. The molecule has 2 fully saturated rings. The van der Waals surface area contributed by atoms with Crippen molar-refractivity contribution in [2.24, 2.45) is 0 Å². The summed E-state index contributed by atoms with van der Waals surface area (Å²) in [7, 11) is -9.78. The van der Waals surface area contributed by atoms with E-state index in [1.54, 1.807) is 18.2 Å². The van der Waals surface area contributed by atoms with Crippen LogP contribution in [-0.2, 0) is 18.4 Å². The van der Waals surface area contributed by atoms with E-state index < -0.39 is 58.3 Å². The third-order valence-electron chi connectivity index (χ3n) is 7.37. The highest BCUT2D eigenvalue weighted by molar-refractivity contribution is 7.70. The molecule has 42 heavy (non-hydrogen) atoms. The number of benzene rings is 1. The standard InChI is InChI=1S/C23H29ClFN5O10P2/c24-22-27-19(29-8-4-3-7-16(29)13-5-1-2-6-15(13)25)14-9-26-30(20(14)28-22)21-18(32)23(33,11-31)17(40-21)10-39-42(37,38)12-41(34,35)36/h1-2,5-6,9,16-18,21,31-33H,3-4,7-8,10-12H2,(H,37,38)(H2,34,35,36)/t16-,17-,18+,21-,23-/m1/s1. The summed E-state index contributed by atoms with van der Waals surface area (Å²) < 4.78 is 49.7. The van der Waals surface area contributed by atoms with Crippen LogP contribution in [0.25, 0.3) is 11.0 Å². The van der Waals surface area contributed by atoms with Gasteiger partial charge in [0.15, 0.2) is 17.8 Å². The first-order chi connectivity index (χ1) is 19.7. The summed E-state index contributed by atoms with van der Waals surface area (Å²) in [6.45, 7) is -1.48. The molecule has 2 aliphatic heterocycles. The van der Waals surface area contributed by atoms with Gasteiger partial charge in [0.25, 0.3) is 0 Å². The lowest BCUT2D eigenvalue weighted by atomic mass is 9.93. The van der Waals surface area contributed by atoms with E-state index in [1.165, 1.54) is 12.3 Å². The normalized spacial score (nSPS) is 28.3. The Morgan fingerprint density at radius 2 is 1.93 bits per heavy atom. The zero-order chi connectivity index (χ0) is 30.4. The molecule has 3 aromatic rings. The molecule has 15 nitrogen and oxygen atoms in total. The van der Waals surface area contributed by atoms with Gasteiger partial charge >= 0.3 is 15.2 Å². The molecule has 1 unspecified atom stereocenters. The van der Waals surface area contributed by atoms with E-state index in [9.17, 15) is 33.7 Å². The fraction of sp³-hybridized carbons (Fsp3) is 0.522. The van der Waals surface area contributed by atoms with E-state index in [-0.39, 0.29) is 22.8 Å². The topological polar surface area (TPSA) is 221 Å². The lowest BCUT2D eigenvalue weighted by molar-refractivity contribution is -0.117. The summed E-state index contributed by atoms with van der Waals surface area (Å²) >= 11 is 6.31. The molecular formula is C23H29ClFN5O10P2. The van der Waals surface area contributed by atoms with Crippen LogP contribution in [0.5, 0.6) is 0 Å². The number of fused-ring (bicyclic) bond motifs is 1. The van der Waals surface area contributed by atoms with Crippen molar-refractivity contribution in [2.45, 2.75) is 49.3 Å². The van der Waals surface area contributed by atoms with Crippen LogP contribution in [-0.4, -0.2) is 93.2 Å². The average Bonchev–Trinajstić information content (AvgIpc) is 3.44. The first-order valence-corrected chi connectivity index (χ1v) is 16.8. The van der Waals surface area contributed by atoms with Crippen LogP contribution in [0.3, 0.4) is 0 Å². The molecule has 2 aliphatic rings. The van der Waals surface area contributed by atoms with E-state index in [0.29, 0.717) is 29.7 Å². The number of piperidine rings is 1. The van der Waals surface area contributed by atoms with E-state index >= 15 is 0 Å². The molecule has 6 N–H and O–H groups in total. The molecular weight excluding hydrogens is 623 g/mol. The number of nitrogens with zero attached hydrogens (tertiary/aromatic N) is 5. The summed E-state index contributed by atoms with van der Waals surface area (Å²) in [4.78, 5) is 38.4. The molecule has 5 rings (SSSR count). The number of hydrogen-bond acceptors (Lipinski definition) is 11. The maximum atomic E-state index is 14.8. The first-order valence-electron chi connectivity index (χ1n) is 12.8. The molecule has 2 saturated heterocycles. The Balaban J connectivity index is 1.48. The molecule has 19 heteroatoms. The fourth-order valence-electron chi connectivity index (χ4n) is 5.37. The smallest absolute Gasteiger partial charge is 0.340 e. The van der Waals surface area contributed by atoms with Gasteiger partial charge in [-0.3, -0.25) is 9.13 Å². The van der Waals surface area contributed by atoms with Crippen LogP contribution < -0.4 is 4.90 Å². The summed E-state index contributed by atoms with van der Waals surface area (Å²) in [6, 6.07) is 6.06. The quantitative estimate of drug-likeness (QED) is 0.143. The van der Waals surface area contributed by atoms with E-state index in [1.807, 2.05) is 4.90 Å². The molecule has 4 heterocycles. The number of ether oxygens (including phenoxy) is 1. The van der Waals surface area contributed by atoms with Gasteiger partial charge in [0.2, 0.25) is 5.28 Å². The molecule has 0 radical (unpaired) electrons. The second-order valence-electron chi connectivity index (χ2n) is 10.2.